The van der Waals surface area contributed by atoms with Crippen LogP contribution in [0.3, 0.4) is 0 Å². The standard InChI is InChI=1S/C19H23FN2O4S/c1-14-9-10-15(27(24,25)21(2)3)13-16(14)19(23)22(4)11-12-26-18-8-6-5-7-17(18)20/h5-10,13H,11-12H2,1-4H3. The fourth-order valence-electron chi connectivity index (χ4n) is 2.36. The van der Waals surface area contributed by atoms with Gasteiger partial charge < -0.3 is 9.64 Å². The molecule has 0 fully saturated rings. The summed E-state index contributed by atoms with van der Waals surface area (Å²) in [4.78, 5) is 14.2. The average molecular weight is 394 g/mol. The van der Waals surface area contributed by atoms with Crippen molar-refractivity contribution in [2.75, 3.05) is 34.3 Å². The number of likely N-dealkylation sites (N-methyl/N-ethyl adjacent to an activating group) is 1. The smallest absolute Gasteiger partial charge is 0.254 e. The zero-order valence-electron chi connectivity index (χ0n) is 15.8. The van der Waals surface area contributed by atoms with Crippen LogP contribution in [0.1, 0.15) is 15.9 Å². The molecule has 6 nitrogen and oxygen atoms in total. The van der Waals surface area contributed by atoms with Crippen molar-refractivity contribution in [3.63, 3.8) is 0 Å². The molecule has 146 valence electrons. The summed E-state index contributed by atoms with van der Waals surface area (Å²) in [6.45, 7) is 2.07. The van der Waals surface area contributed by atoms with Crippen LogP contribution in [0, 0.1) is 12.7 Å². The van der Waals surface area contributed by atoms with Crippen molar-refractivity contribution in [1.82, 2.24) is 9.21 Å². The summed E-state index contributed by atoms with van der Waals surface area (Å²) < 4.78 is 44.6. The molecular formula is C19H23FN2O4S. The highest BCUT2D eigenvalue weighted by Crippen LogP contribution is 2.19. The normalized spacial score (nSPS) is 11.5. The van der Waals surface area contributed by atoms with E-state index in [0.29, 0.717) is 11.1 Å². The molecule has 8 heteroatoms. The maximum absolute atomic E-state index is 13.5. The Hall–Kier alpha value is -2.45. The first-order valence-electron chi connectivity index (χ1n) is 8.30. The van der Waals surface area contributed by atoms with Gasteiger partial charge in [-0.1, -0.05) is 18.2 Å². The van der Waals surface area contributed by atoms with Gasteiger partial charge in [-0.25, -0.2) is 17.1 Å². The summed E-state index contributed by atoms with van der Waals surface area (Å²) >= 11 is 0. The number of ether oxygens (including phenoxy) is 1. The first-order valence-corrected chi connectivity index (χ1v) is 9.74. The molecule has 0 aromatic heterocycles. The van der Waals surface area contributed by atoms with Crippen LogP contribution >= 0.6 is 0 Å². The van der Waals surface area contributed by atoms with Crippen LogP contribution in [-0.2, 0) is 10.0 Å². The van der Waals surface area contributed by atoms with Crippen LogP contribution < -0.4 is 4.74 Å². The molecule has 0 unspecified atom stereocenters. The van der Waals surface area contributed by atoms with Gasteiger partial charge in [-0.05, 0) is 36.8 Å². The van der Waals surface area contributed by atoms with Crippen molar-refractivity contribution >= 4 is 15.9 Å². The molecule has 0 aliphatic carbocycles. The summed E-state index contributed by atoms with van der Waals surface area (Å²) in [5, 5.41) is 0. The van der Waals surface area contributed by atoms with Crippen LogP contribution in [0.25, 0.3) is 0 Å². The van der Waals surface area contributed by atoms with Gasteiger partial charge in [0.2, 0.25) is 10.0 Å². The summed E-state index contributed by atoms with van der Waals surface area (Å²) in [6.07, 6.45) is 0. The highest BCUT2D eigenvalue weighted by molar-refractivity contribution is 7.89. The summed E-state index contributed by atoms with van der Waals surface area (Å²) in [5.41, 5.74) is 0.964. The van der Waals surface area contributed by atoms with E-state index >= 15 is 0 Å². The molecule has 2 aromatic carbocycles. The largest absolute Gasteiger partial charge is 0.489 e. The van der Waals surface area contributed by atoms with Gasteiger partial charge in [0, 0.05) is 26.7 Å². The van der Waals surface area contributed by atoms with Crippen molar-refractivity contribution in [2.45, 2.75) is 11.8 Å². The molecular weight excluding hydrogens is 371 g/mol. The Morgan fingerprint density at radius 1 is 1.11 bits per heavy atom. The monoisotopic (exact) mass is 394 g/mol. The van der Waals surface area contributed by atoms with Crippen molar-refractivity contribution in [1.29, 1.82) is 0 Å². The topological polar surface area (TPSA) is 66.9 Å². The fourth-order valence-corrected chi connectivity index (χ4v) is 3.29. The van der Waals surface area contributed by atoms with Gasteiger partial charge in [0.15, 0.2) is 11.6 Å². The van der Waals surface area contributed by atoms with Gasteiger partial charge in [0.25, 0.3) is 5.91 Å². The number of sulfonamides is 1. The molecule has 2 aromatic rings. The van der Waals surface area contributed by atoms with Crippen molar-refractivity contribution in [3.8, 4) is 5.75 Å². The van der Waals surface area contributed by atoms with Crippen LogP contribution in [0.5, 0.6) is 5.75 Å². The molecule has 0 N–H and O–H groups in total. The number of hydrogen-bond donors (Lipinski definition) is 0. The van der Waals surface area contributed by atoms with E-state index in [4.69, 9.17) is 4.74 Å². The lowest BCUT2D eigenvalue weighted by Crippen LogP contribution is -2.31. The molecule has 0 bridgehead atoms. The third-order valence-electron chi connectivity index (χ3n) is 4.09. The second-order valence-corrected chi connectivity index (χ2v) is 8.42. The molecule has 0 atom stereocenters. The lowest BCUT2D eigenvalue weighted by Gasteiger charge is -2.20. The molecule has 0 spiro atoms. The second kappa shape index (κ2) is 8.49. The molecule has 0 saturated carbocycles. The van der Waals surface area contributed by atoms with Gasteiger partial charge in [-0.2, -0.15) is 0 Å². The van der Waals surface area contributed by atoms with Crippen molar-refractivity contribution < 1.29 is 22.3 Å². The van der Waals surface area contributed by atoms with Gasteiger partial charge in [-0.3, -0.25) is 4.79 Å². The number of benzene rings is 2. The Balaban J connectivity index is 2.11. The van der Waals surface area contributed by atoms with Gasteiger partial charge >= 0.3 is 0 Å². The second-order valence-electron chi connectivity index (χ2n) is 6.27. The van der Waals surface area contributed by atoms with Crippen LogP contribution in [0.4, 0.5) is 4.39 Å². The third-order valence-corrected chi connectivity index (χ3v) is 5.90. The zero-order chi connectivity index (χ0) is 20.2. The van der Waals surface area contributed by atoms with E-state index in [1.165, 1.54) is 43.3 Å². The molecule has 0 saturated heterocycles. The maximum Gasteiger partial charge on any atom is 0.254 e. The number of amides is 1. The summed E-state index contributed by atoms with van der Waals surface area (Å²) in [5.74, 6) is -0.682. The highest BCUT2D eigenvalue weighted by Gasteiger charge is 2.21. The molecule has 0 radical (unpaired) electrons. The number of carbonyl (C=O) groups is 1. The van der Waals surface area contributed by atoms with E-state index in [1.807, 2.05) is 0 Å². The number of aryl methyl sites for hydroxylation is 1. The van der Waals surface area contributed by atoms with E-state index in [9.17, 15) is 17.6 Å². The Bertz CT molecular complexity index is 929. The SMILES string of the molecule is Cc1ccc(S(=O)(=O)N(C)C)cc1C(=O)N(C)CCOc1ccccc1F. The average Bonchev–Trinajstić information content (AvgIpc) is 2.62. The lowest BCUT2D eigenvalue weighted by molar-refractivity contribution is 0.0772. The Labute approximate surface area is 159 Å². The van der Waals surface area contributed by atoms with Gasteiger partial charge in [0.1, 0.15) is 6.61 Å². The first kappa shape index (κ1) is 20.9. The van der Waals surface area contributed by atoms with Gasteiger partial charge in [-0.15, -0.1) is 0 Å². The Kier molecular flexibility index (Phi) is 6.56. The molecule has 0 aliphatic heterocycles. The molecule has 0 heterocycles. The lowest BCUT2D eigenvalue weighted by atomic mass is 10.1. The highest BCUT2D eigenvalue weighted by atomic mass is 32.2. The minimum atomic E-state index is -3.64. The van der Waals surface area contributed by atoms with E-state index < -0.39 is 15.8 Å². The molecule has 27 heavy (non-hydrogen) atoms. The molecule has 2 rings (SSSR count). The molecule has 1 amide bonds. The minimum absolute atomic E-state index is 0.0532. The van der Waals surface area contributed by atoms with Crippen LogP contribution in [-0.4, -0.2) is 57.8 Å². The Morgan fingerprint density at radius 2 is 1.78 bits per heavy atom. The van der Waals surface area contributed by atoms with Crippen LogP contribution in [0.2, 0.25) is 0 Å². The van der Waals surface area contributed by atoms with Crippen molar-refractivity contribution in [3.05, 3.63) is 59.4 Å². The number of halogens is 1. The van der Waals surface area contributed by atoms with E-state index in [1.54, 1.807) is 32.2 Å². The quantitative estimate of drug-likeness (QED) is 0.724. The predicted molar refractivity (Wildman–Crippen MR) is 101 cm³/mol. The Morgan fingerprint density at radius 3 is 2.41 bits per heavy atom. The minimum Gasteiger partial charge on any atom is -0.489 e. The number of carbonyl (C=O) groups excluding carboxylic acids is 1. The number of rotatable bonds is 7. The van der Waals surface area contributed by atoms with Crippen molar-refractivity contribution in [2.24, 2.45) is 0 Å². The van der Waals surface area contributed by atoms with Crippen LogP contribution in [0.15, 0.2) is 47.4 Å². The van der Waals surface area contributed by atoms with E-state index in [2.05, 4.69) is 0 Å². The number of hydrogen-bond acceptors (Lipinski definition) is 4. The number of nitrogens with zero attached hydrogens (tertiary/aromatic N) is 2. The van der Waals surface area contributed by atoms with E-state index in [0.717, 1.165) is 4.31 Å². The number of para-hydroxylation sites is 1. The molecule has 0 aliphatic rings. The summed E-state index contributed by atoms with van der Waals surface area (Å²) in [6, 6.07) is 10.5. The third kappa shape index (κ3) is 4.84. The van der Waals surface area contributed by atoms with Gasteiger partial charge in [0.05, 0.1) is 11.4 Å². The summed E-state index contributed by atoms with van der Waals surface area (Å²) in [7, 11) is 0.813. The zero-order valence-corrected chi connectivity index (χ0v) is 16.6. The van der Waals surface area contributed by atoms with E-state index in [-0.39, 0.29) is 29.7 Å². The fraction of sp³-hybridized carbons (Fsp3) is 0.316. The maximum atomic E-state index is 13.5. The predicted octanol–water partition coefficient (Wildman–Crippen LogP) is 2.54. The first-order chi connectivity index (χ1) is 12.6.